The summed E-state index contributed by atoms with van der Waals surface area (Å²) in [6.07, 6.45) is -0.656. The number of ether oxygens (including phenoxy) is 3. The van der Waals surface area contributed by atoms with Crippen LogP contribution in [0.1, 0.15) is 43.6 Å². The first-order chi connectivity index (χ1) is 11.5. The van der Waals surface area contributed by atoms with Crippen molar-refractivity contribution in [1.82, 2.24) is 4.98 Å². The van der Waals surface area contributed by atoms with E-state index < -0.39 is 17.7 Å². The largest absolute Gasteiger partial charge is 0.494 e. The molecule has 0 N–H and O–H groups in total. The molecule has 0 fully saturated rings. The number of pyridine rings is 1. The number of carbonyl (C=O) groups excluding carboxylic acids is 2. The van der Waals surface area contributed by atoms with Gasteiger partial charge in [0.15, 0.2) is 5.82 Å². The van der Waals surface area contributed by atoms with Crippen molar-refractivity contribution in [3.05, 3.63) is 28.4 Å². The number of halogens is 1. The monoisotopic (exact) mass is 414 g/mol. The van der Waals surface area contributed by atoms with E-state index in [1.165, 1.54) is 14.2 Å². The summed E-state index contributed by atoms with van der Waals surface area (Å²) in [5, 5.41) is 0. The average Bonchev–Trinajstić information content (AvgIpc) is 2.51. The fraction of sp³-hybridized carbons (Fsp3) is 0.471. The lowest BCUT2D eigenvalue weighted by molar-refractivity contribution is 0.0585. The quantitative estimate of drug-likeness (QED) is 0.411. The number of nitrogens with zero attached hydrogens (tertiary/aromatic N) is 2. The van der Waals surface area contributed by atoms with Gasteiger partial charge in [0.05, 0.1) is 13.7 Å². The Labute approximate surface area is 156 Å². The molecular formula is C17H23BrN2O5. The number of rotatable bonds is 5. The van der Waals surface area contributed by atoms with Crippen LogP contribution >= 0.6 is 15.9 Å². The van der Waals surface area contributed by atoms with Crippen molar-refractivity contribution in [2.45, 2.75) is 33.3 Å². The summed E-state index contributed by atoms with van der Waals surface area (Å²) in [7, 11) is 2.71. The Morgan fingerprint density at radius 3 is 2.44 bits per heavy atom. The third kappa shape index (κ3) is 5.45. The molecule has 0 saturated heterocycles. The Bertz CT molecular complexity index is 682. The highest BCUT2D eigenvalue weighted by Gasteiger charge is 2.29. The van der Waals surface area contributed by atoms with Crippen LogP contribution in [0.15, 0.2) is 17.2 Å². The van der Waals surface area contributed by atoms with Crippen molar-refractivity contribution >= 4 is 39.6 Å². The SMILES string of the molecule is C=C(OCC)c1cc(Br)nc(N(C)C(=O)OC(C)(C)C)c1C(=O)OC. The normalized spacial score (nSPS) is 10.8. The van der Waals surface area contributed by atoms with Gasteiger partial charge in [0, 0.05) is 12.6 Å². The molecule has 1 aromatic rings. The molecule has 8 heteroatoms. The molecule has 0 aliphatic rings. The molecule has 0 aliphatic carbocycles. The Balaban J connectivity index is 3.50. The Morgan fingerprint density at radius 2 is 1.96 bits per heavy atom. The van der Waals surface area contributed by atoms with Crippen molar-refractivity contribution in [2.75, 3.05) is 25.7 Å². The molecule has 0 radical (unpaired) electrons. The standard InChI is InChI=1S/C17H23BrN2O5/c1-8-24-10(2)11-9-12(18)19-14(13(11)15(21)23-7)20(6)16(22)25-17(3,4)5/h9H,2,8H2,1,3-7H3. The molecule has 1 aromatic heterocycles. The molecule has 138 valence electrons. The predicted molar refractivity (Wildman–Crippen MR) is 98.6 cm³/mol. The van der Waals surface area contributed by atoms with Gasteiger partial charge in [-0.1, -0.05) is 6.58 Å². The summed E-state index contributed by atoms with van der Waals surface area (Å²) in [6.45, 7) is 11.2. The highest BCUT2D eigenvalue weighted by atomic mass is 79.9. The van der Waals surface area contributed by atoms with Crippen LogP contribution in [0.4, 0.5) is 10.6 Å². The smallest absolute Gasteiger partial charge is 0.415 e. The molecule has 0 aliphatic heterocycles. The summed E-state index contributed by atoms with van der Waals surface area (Å²) < 4.78 is 16.0. The van der Waals surface area contributed by atoms with Gasteiger partial charge in [0.2, 0.25) is 0 Å². The zero-order valence-corrected chi connectivity index (χ0v) is 16.9. The minimum Gasteiger partial charge on any atom is -0.494 e. The minimum atomic E-state index is -0.694. The third-order valence-corrected chi connectivity index (χ3v) is 3.37. The number of amides is 1. The zero-order chi connectivity index (χ0) is 19.4. The van der Waals surface area contributed by atoms with Crippen molar-refractivity contribution in [3.63, 3.8) is 0 Å². The molecule has 0 aromatic carbocycles. The van der Waals surface area contributed by atoms with Crippen molar-refractivity contribution < 1.29 is 23.8 Å². The van der Waals surface area contributed by atoms with Gasteiger partial charge in [-0.2, -0.15) is 0 Å². The first-order valence-electron chi connectivity index (χ1n) is 7.59. The van der Waals surface area contributed by atoms with E-state index >= 15 is 0 Å². The fourth-order valence-electron chi connectivity index (χ4n) is 1.94. The second kappa shape index (κ2) is 8.33. The minimum absolute atomic E-state index is 0.0671. The topological polar surface area (TPSA) is 78.0 Å². The van der Waals surface area contributed by atoms with Crippen LogP contribution in [0.2, 0.25) is 0 Å². The van der Waals surface area contributed by atoms with E-state index in [1.54, 1.807) is 33.8 Å². The van der Waals surface area contributed by atoms with Gasteiger partial charge < -0.3 is 14.2 Å². The van der Waals surface area contributed by atoms with Crippen LogP contribution in [0.25, 0.3) is 5.76 Å². The maximum atomic E-state index is 12.4. The Kier molecular flexibility index (Phi) is 6.98. The molecule has 1 rings (SSSR count). The highest BCUT2D eigenvalue weighted by molar-refractivity contribution is 9.10. The summed E-state index contributed by atoms with van der Waals surface area (Å²) >= 11 is 3.28. The van der Waals surface area contributed by atoms with Gasteiger partial charge in [-0.3, -0.25) is 4.90 Å². The summed E-state index contributed by atoms with van der Waals surface area (Å²) in [5.74, 6) is -0.322. The number of hydrogen-bond donors (Lipinski definition) is 0. The summed E-state index contributed by atoms with van der Waals surface area (Å²) in [6, 6.07) is 1.58. The van der Waals surface area contributed by atoms with E-state index in [-0.39, 0.29) is 17.1 Å². The van der Waals surface area contributed by atoms with Gasteiger partial charge in [-0.25, -0.2) is 14.6 Å². The lowest BCUT2D eigenvalue weighted by atomic mass is 10.1. The Morgan fingerprint density at radius 1 is 1.36 bits per heavy atom. The van der Waals surface area contributed by atoms with Gasteiger partial charge in [-0.05, 0) is 49.7 Å². The molecule has 0 saturated carbocycles. The number of aromatic nitrogens is 1. The lowest BCUT2D eigenvalue weighted by Crippen LogP contribution is -2.35. The van der Waals surface area contributed by atoms with Crippen LogP contribution in [-0.4, -0.2) is 43.4 Å². The number of esters is 1. The fourth-order valence-corrected chi connectivity index (χ4v) is 2.33. The maximum absolute atomic E-state index is 12.4. The zero-order valence-electron chi connectivity index (χ0n) is 15.3. The van der Waals surface area contributed by atoms with Crippen LogP contribution in [0.3, 0.4) is 0 Å². The Hall–Kier alpha value is -2.09. The van der Waals surface area contributed by atoms with Gasteiger partial charge >= 0.3 is 12.1 Å². The third-order valence-electron chi connectivity index (χ3n) is 2.96. The maximum Gasteiger partial charge on any atom is 0.415 e. The summed E-state index contributed by atoms with van der Waals surface area (Å²) in [5.41, 5.74) is -0.251. The van der Waals surface area contributed by atoms with Crippen LogP contribution in [0, 0.1) is 0 Å². The van der Waals surface area contributed by atoms with Gasteiger partial charge in [0.1, 0.15) is 21.5 Å². The van der Waals surface area contributed by atoms with Crippen LogP contribution in [-0.2, 0) is 14.2 Å². The van der Waals surface area contributed by atoms with Crippen molar-refractivity contribution in [3.8, 4) is 0 Å². The van der Waals surface area contributed by atoms with Gasteiger partial charge in [-0.15, -0.1) is 0 Å². The second-order valence-corrected chi connectivity index (χ2v) is 6.89. The van der Waals surface area contributed by atoms with Crippen molar-refractivity contribution in [1.29, 1.82) is 0 Å². The molecule has 0 atom stereocenters. The average molecular weight is 415 g/mol. The number of methoxy groups -OCH3 is 1. The first kappa shape index (κ1) is 21.0. The van der Waals surface area contributed by atoms with Crippen molar-refractivity contribution in [2.24, 2.45) is 0 Å². The highest BCUT2D eigenvalue weighted by Crippen LogP contribution is 2.31. The second-order valence-electron chi connectivity index (χ2n) is 6.08. The van der Waals surface area contributed by atoms with E-state index in [9.17, 15) is 9.59 Å². The molecule has 7 nitrogen and oxygen atoms in total. The molecule has 0 spiro atoms. The molecular weight excluding hydrogens is 392 g/mol. The summed E-state index contributed by atoms with van der Waals surface area (Å²) in [4.78, 5) is 30.1. The molecule has 1 heterocycles. The van der Waals surface area contributed by atoms with Gasteiger partial charge in [0.25, 0.3) is 0 Å². The van der Waals surface area contributed by atoms with Crippen LogP contribution < -0.4 is 4.90 Å². The lowest BCUT2D eigenvalue weighted by Gasteiger charge is -2.26. The van der Waals surface area contributed by atoms with E-state index in [4.69, 9.17) is 14.2 Å². The molecule has 1 amide bonds. The molecule has 0 bridgehead atoms. The van der Waals surface area contributed by atoms with E-state index in [1.807, 2.05) is 0 Å². The number of carbonyl (C=O) groups is 2. The van der Waals surface area contributed by atoms with E-state index in [0.717, 1.165) is 4.90 Å². The molecule has 0 unspecified atom stereocenters. The number of anilines is 1. The molecule has 25 heavy (non-hydrogen) atoms. The first-order valence-corrected chi connectivity index (χ1v) is 8.38. The van der Waals surface area contributed by atoms with Crippen LogP contribution in [0.5, 0.6) is 0 Å². The number of hydrogen-bond acceptors (Lipinski definition) is 6. The van der Waals surface area contributed by atoms with E-state index in [0.29, 0.717) is 16.8 Å². The predicted octanol–water partition coefficient (Wildman–Crippen LogP) is 4.01. The van der Waals surface area contributed by atoms with E-state index in [2.05, 4.69) is 27.5 Å².